The molecule has 1 aromatic carbocycles. The van der Waals surface area contributed by atoms with E-state index in [1.54, 1.807) is 12.1 Å². The molecule has 1 aromatic rings. The SMILES string of the molecule is [CH2]CCc1ccc(OC)c(O)c1. The van der Waals surface area contributed by atoms with Crippen molar-refractivity contribution in [2.75, 3.05) is 7.11 Å². The van der Waals surface area contributed by atoms with Gasteiger partial charge in [-0.05, 0) is 30.5 Å². The molecule has 0 bridgehead atoms. The fourth-order valence-corrected chi connectivity index (χ4v) is 1.10. The Morgan fingerprint density at radius 2 is 2.25 bits per heavy atom. The maximum atomic E-state index is 9.37. The molecule has 0 saturated carbocycles. The first kappa shape index (κ1) is 8.91. The van der Waals surface area contributed by atoms with E-state index >= 15 is 0 Å². The topological polar surface area (TPSA) is 29.5 Å². The number of ether oxygens (including phenoxy) is 1. The minimum absolute atomic E-state index is 0.198. The first-order valence-electron chi connectivity index (χ1n) is 3.93. The van der Waals surface area contributed by atoms with Crippen LogP contribution in [0.25, 0.3) is 0 Å². The summed E-state index contributed by atoms with van der Waals surface area (Å²) in [5.74, 6) is 0.714. The van der Waals surface area contributed by atoms with Crippen LogP contribution in [-0.2, 0) is 6.42 Å². The van der Waals surface area contributed by atoms with Crippen molar-refractivity contribution < 1.29 is 9.84 Å². The van der Waals surface area contributed by atoms with Crippen molar-refractivity contribution in [3.8, 4) is 11.5 Å². The zero-order chi connectivity index (χ0) is 8.97. The second-order valence-electron chi connectivity index (χ2n) is 2.61. The molecule has 0 saturated heterocycles. The molecule has 0 unspecified atom stereocenters. The van der Waals surface area contributed by atoms with Crippen LogP contribution < -0.4 is 4.74 Å². The third kappa shape index (κ3) is 1.91. The third-order valence-electron chi connectivity index (χ3n) is 1.71. The molecule has 12 heavy (non-hydrogen) atoms. The van der Waals surface area contributed by atoms with Crippen LogP contribution in [0.15, 0.2) is 18.2 Å². The molecule has 0 spiro atoms. The number of aryl methyl sites for hydroxylation is 1. The molecule has 2 heteroatoms. The molecule has 1 rings (SSSR count). The van der Waals surface area contributed by atoms with Crippen molar-refractivity contribution in [3.05, 3.63) is 30.7 Å². The second kappa shape index (κ2) is 4.00. The van der Waals surface area contributed by atoms with Crippen molar-refractivity contribution in [2.45, 2.75) is 12.8 Å². The van der Waals surface area contributed by atoms with Crippen LogP contribution in [0, 0.1) is 6.92 Å². The molecular formula is C10H13O2. The summed E-state index contributed by atoms with van der Waals surface area (Å²) in [6, 6.07) is 5.41. The standard InChI is InChI=1S/C10H13O2/c1-3-4-8-5-6-10(12-2)9(11)7-8/h5-7,11H,1,3-4H2,2H3. The normalized spacial score (nSPS) is 9.83. The quantitative estimate of drug-likeness (QED) is 0.743. The molecule has 0 atom stereocenters. The number of hydrogen-bond donors (Lipinski definition) is 1. The van der Waals surface area contributed by atoms with Gasteiger partial charge in [0.05, 0.1) is 7.11 Å². The maximum absolute atomic E-state index is 9.37. The Labute approximate surface area is 72.8 Å². The summed E-state index contributed by atoms with van der Waals surface area (Å²) in [5.41, 5.74) is 1.09. The van der Waals surface area contributed by atoms with E-state index in [1.165, 1.54) is 7.11 Å². The van der Waals surface area contributed by atoms with Gasteiger partial charge in [0.2, 0.25) is 0 Å². The highest BCUT2D eigenvalue weighted by Crippen LogP contribution is 2.26. The average molecular weight is 165 g/mol. The molecule has 0 amide bonds. The van der Waals surface area contributed by atoms with E-state index in [0.717, 1.165) is 18.4 Å². The summed E-state index contributed by atoms with van der Waals surface area (Å²) in [7, 11) is 1.54. The van der Waals surface area contributed by atoms with Gasteiger partial charge in [-0.25, -0.2) is 0 Å². The Morgan fingerprint density at radius 1 is 1.50 bits per heavy atom. The first-order valence-corrected chi connectivity index (χ1v) is 3.93. The van der Waals surface area contributed by atoms with Crippen LogP contribution in [0.3, 0.4) is 0 Å². The Kier molecular flexibility index (Phi) is 2.97. The van der Waals surface area contributed by atoms with Gasteiger partial charge >= 0.3 is 0 Å². The van der Waals surface area contributed by atoms with E-state index in [1.807, 2.05) is 6.07 Å². The van der Waals surface area contributed by atoms with Gasteiger partial charge < -0.3 is 9.84 Å². The Bertz CT molecular complexity index is 256. The van der Waals surface area contributed by atoms with Crippen LogP contribution in [-0.4, -0.2) is 12.2 Å². The van der Waals surface area contributed by atoms with E-state index in [2.05, 4.69) is 6.92 Å². The predicted molar refractivity (Wildman–Crippen MR) is 48.3 cm³/mol. The summed E-state index contributed by atoms with van der Waals surface area (Å²) in [4.78, 5) is 0. The molecule has 0 aromatic heterocycles. The lowest BCUT2D eigenvalue weighted by Gasteiger charge is -2.04. The van der Waals surface area contributed by atoms with Crippen LogP contribution in [0.1, 0.15) is 12.0 Å². The first-order chi connectivity index (χ1) is 5.77. The summed E-state index contributed by atoms with van der Waals surface area (Å²) in [6.07, 6.45) is 1.73. The molecular weight excluding hydrogens is 152 g/mol. The smallest absolute Gasteiger partial charge is 0.160 e. The molecule has 1 N–H and O–H groups in total. The fourth-order valence-electron chi connectivity index (χ4n) is 1.10. The zero-order valence-corrected chi connectivity index (χ0v) is 7.21. The predicted octanol–water partition coefficient (Wildman–Crippen LogP) is 2.17. The zero-order valence-electron chi connectivity index (χ0n) is 7.21. The highest BCUT2D eigenvalue weighted by molar-refractivity contribution is 5.41. The van der Waals surface area contributed by atoms with Gasteiger partial charge in [-0.15, -0.1) is 0 Å². The van der Waals surface area contributed by atoms with Gasteiger partial charge in [0.15, 0.2) is 11.5 Å². The van der Waals surface area contributed by atoms with E-state index in [0.29, 0.717) is 5.75 Å². The molecule has 2 nitrogen and oxygen atoms in total. The van der Waals surface area contributed by atoms with Crippen LogP contribution in [0.4, 0.5) is 0 Å². The van der Waals surface area contributed by atoms with Crippen molar-refractivity contribution in [3.63, 3.8) is 0 Å². The van der Waals surface area contributed by atoms with E-state index in [9.17, 15) is 5.11 Å². The fraction of sp³-hybridized carbons (Fsp3) is 0.300. The van der Waals surface area contributed by atoms with Gasteiger partial charge in [0, 0.05) is 0 Å². The summed E-state index contributed by atoms with van der Waals surface area (Å²) >= 11 is 0. The molecule has 0 aliphatic carbocycles. The average Bonchev–Trinajstić information content (AvgIpc) is 2.05. The lowest BCUT2D eigenvalue weighted by Crippen LogP contribution is -1.86. The van der Waals surface area contributed by atoms with Gasteiger partial charge in [0.25, 0.3) is 0 Å². The Balaban J connectivity index is 2.86. The Morgan fingerprint density at radius 3 is 2.75 bits per heavy atom. The van der Waals surface area contributed by atoms with Crippen LogP contribution in [0.2, 0.25) is 0 Å². The van der Waals surface area contributed by atoms with Crippen molar-refractivity contribution >= 4 is 0 Å². The van der Waals surface area contributed by atoms with Gasteiger partial charge in [-0.3, -0.25) is 0 Å². The monoisotopic (exact) mass is 165 g/mol. The molecule has 0 aliphatic rings. The molecule has 1 radical (unpaired) electrons. The summed E-state index contributed by atoms with van der Waals surface area (Å²) < 4.78 is 4.91. The number of methoxy groups -OCH3 is 1. The van der Waals surface area contributed by atoms with Gasteiger partial charge in [-0.1, -0.05) is 13.0 Å². The number of phenols is 1. The van der Waals surface area contributed by atoms with E-state index < -0.39 is 0 Å². The van der Waals surface area contributed by atoms with Crippen molar-refractivity contribution in [1.29, 1.82) is 0 Å². The van der Waals surface area contributed by atoms with Crippen molar-refractivity contribution in [2.24, 2.45) is 0 Å². The van der Waals surface area contributed by atoms with Crippen molar-refractivity contribution in [1.82, 2.24) is 0 Å². The van der Waals surface area contributed by atoms with E-state index in [4.69, 9.17) is 4.74 Å². The minimum atomic E-state index is 0.198. The van der Waals surface area contributed by atoms with Crippen LogP contribution in [0.5, 0.6) is 11.5 Å². The molecule has 0 fully saturated rings. The number of aromatic hydroxyl groups is 1. The maximum Gasteiger partial charge on any atom is 0.160 e. The van der Waals surface area contributed by atoms with Gasteiger partial charge in [0.1, 0.15) is 0 Å². The largest absolute Gasteiger partial charge is 0.504 e. The number of benzene rings is 1. The number of phenolic OH excluding ortho intramolecular Hbond substituents is 1. The van der Waals surface area contributed by atoms with Crippen LogP contribution >= 0.6 is 0 Å². The molecule has 0 aliphatic heterocycles. The molecule has 0 heterocycles. The van der Waals surface area contributed by atoms with Gasteiger partial charge in [-0.2, -0.15) is 0 Å². The summed E-state index contributed by atoms with van der Waals surface area (Å²) in [6.45, 7) is 3.74. The number of rotatable bonds is 3. The lowest BCUT2D eigenvalue weighted by atomic mass is 10.1. The highest BCUT2D eigenvalue weighted by atomic mass is 16.5. The molecule has 65 valence electrons. The highest BCUT2D eigenvalue weighted by Gasteiger charge is 2.00. The number of hydrogen-bond acceptors (Lipinski definition) is 2. The second-order valence-corrected chi connectivity index (χ2v) is 2.61. The van der Waals surface area contributed by atoms with E-state index in [-0.39, 0.29) is 5.75 Å². The minimum Gasteiger partial charge on any atom is -0.504 e. The lowest BCUT2D eigenvalue weighted by molar-refractivity contribution is 0.373. The Hall–Kier alpha value is -1.18. The summed E-state index contributed by atoms with van der Waals surface area (Å²) in [5, 5.41) is 9.37. The third-order valence-corrected chi connectivity index (χ3v) is 1.71.